The lowest BCUT2D eigenvalue weighted by Crippen LogP contribution is -2.57. The van der Waals surface area contributed by atoms with Crippen molar-refractivity contribution >= 4 is 39.5 Å². The van der Waals surface area contributed by atoms with Gasteiger partial charge in [0.05, 0.1) is 30.0 Å². The number of aromatic nitrogens is 1. The van der Waals surface area contributed by atoms with Gasteiger partial charge in [-0.2, -0.15) is 5.26 Å². The Bertz CT molecular complexity index is 1950. The number of nitrogens with zero attached hydrogens (tertiary/aromatic N) is 2. The summed E-state index contributed by atoms with van der Waals surface area (Å²) in [7, 11) is 0. The Morgan fingerprint density at radius 1 is 0.881 bits per heavy atom. The van der Waals surface area contributed by atoms with E-state index in [1.165, 1.54) is 4.90 Å². The van der Waals surface area contributed by atoms with Crippen LogP contribution >= 0.6 is 0 Å². The molecule has 0 saturated carbocycles. The number of likely N-dealkylation sites (tertiary alicyclic amines) is 1. The molecule has 0 aliphatic carbocycles. The number of benzene rings is 4. The first-order valence-corrected chi connectivity index (χ1v) is 13.8. The number of carboxylic acids is 1. The number of rotatable bonds is 6. The van der Waals surface area contributed by atoms with Gasteiger partial charge in [-0.05, 0) is 39.6 Å². The van der Waals surface area contributed by atoms with E-state index >= 15 is 0 Å². The van der Waals surface area contributed by atoms with Crippen molar-refractivity contribution in [2.45, 2.75) is 24.5 Å². The Kier molecular flexibility index (Phi) is 5.92. The minimum Gasteiger partial charge on any atom is -0.480 e. The monoisotopic (exact) mass is 554 g/mol. The lowest BCUT2D eigenvalue weighted by atomic mass is 9.76. The van der Waals surface area contributed by atoms with E-state index in [-0.39, 0.29) is 13.0 Å². The zero-order valence-corrected chi connectivity index (χ0v) is 22.5. The molecule has 4 unspecified atom stereocenters. The maximum absolute atomic E-state index is 14.3. The van der Waals surface area contributed by atoms with Crippen molar-refractivity contribution < 1.29 is 19.5 Å². The van der Waals surface area contributed by atoms with Crippen LogP contribution in [0.1, 0.15) is 28.3 Å². The average Bonchev–Trinajstić information content (AvgIpc) is 3.66. The van der Waals surface area contributed by atoms with E-state index in [4.69, 9.17) is 0 Å². The van der Waals surface area contributed by atoms with Gasteiger partial charge in [-0.15, -0.1) is 0 Å². The van der Waals surface area contributed by atoms with Gasteiger partial charge in [-0.1, -0.05) is 78.9 Å². The first kappa shape index (κ1) is 25.7. The molecule has 2 fully saturated rings. The fraction of sp³-hybridized carbons (Fsp3) is 0.176. The van der Waals surface area contributed by atoms with Crippen molar-refractivity contribution in [3.8, 4) is 6.07 Å². The number of fused-ring (bicyclic) bond motifs is 3. The molecule has 2 amide bonds. The first-order valence-electron chi connectivity index (χ1n) is 13.8. The van der Waals surface area contributed by atoms with Crippen LogP contribution in [0.4, 0.5) is 0 Å². The Balaban J connectivity index is 1.37. The molecule has 0 radical (unpaired) electrons. The van der Waals surface area contributed by atoms with Crippen molar-refractivity contribution in [2.24, 2.45) is 11.8 Å². The molecule has 2 aliphatic rings. The zero-order valence-electron chi connectivity index (χ0n) is 22.5. The Labute approximate surface area is 241 Å². The molecule has 4 aromatic carbocycles. The Hall–Kier alpha value is -5.26. The van der Waals surface area contributed by atoms with Crippen LogP contribution in [0.25, 0.3) is 21.7 Å². The van der Waals surface area contributed by atoms with Crippen LogP contribution in [-0.4, -0.2) is 38.3 Å². The summed E-state index contributed by atoms with van der Waals surface area (Å²) in [6, 6.07) is 29.2. The topological polar surface area (TPSA) is 126 Å². The SMILES string of the molecule is N#Cc1ccccc1C1NC(Cc2c[nH]c3ccccc23)(C(=O)O)C2C(=O)N(Cc3cccc4ccccc34)C(=O)C12. The summed E-state index contributed by atoms with van der Waals surface area (Å²) in [5.74, 6) is -4.35. The van der Waals surface area contributed by atoms with Crippen molar-refractivity contribution in [2.75, 3.05) is 0 Å². The molecule has 8 nitrogen and oxygen atoms in total. The summed E-state index contributed by atoms with van der Waals surface area (Å²) in [5, 5.41) is 26.8. The highest BCUT2D eigenvalue weighted by Gasteiger charge is 2.68. The molecule has 0 spiro atoms. The molecule has 2 aliphatic heterocycles. The van der Waals surface area contributed by atoms with E-state index in [9.17, 15) is 24.8 Å². The molecule has 4 atom stereocenters. The van der Waals surface area contributed by atoms with Crippen molar-refractivity contribution in [3.63, 3.8) is 0 Å². The third-order valence-corrected chi connectivity index (χ3v) is 8.90. The summed E-state index contributed by atoms with van der Waals surface area (Å²) in [6.45, 7) is 0.0292. The number of nitrogens with one attached hydrogen (secondary N) is 2. The highest BCUT2D eigenvalue weighted by atomic mass is 16.4. The number of carboxylic acid groups (broad SMARTS) is 1. The highest BCUT2D eigenvalue weighted by Crippen LogP contribution is 2.51. The third kappa shape index (κ3) is 3.75. The molecule has 0 bridgehead atoms. The van der Waals surface area contributed by atoms with E-state index in [2.05, 4.69) is 16.4 Å². The number of carbonyl (C=O) groups is 3. The molecule has 42 heavy (non-hydrogen) atoms. The minimum atomic E-state index is -1.79. The number of amides is 2. The largest absolute Gasteiger partial charge is 0.480 e. The lowest BCUT2D eigenvalue weighted by molar-refractivity contribution is -0.151. The summed E-state index contributed by atoms with van der Waals surface area (Å²) in [6.07, 6.45) is 1.73. The number of hydrogen-bond acceptors (Lipinski definition) is 5. The van der Waals surface area contributed by atoms with Crippen LogP contribution in [0.5, 0.6) is 0 Å². The number of H-pyrrole nitrogens is 1. The first-order chi connectivity index (χ1) is 20.4. The second-order valence-corrected chi connectivity index (χ2v) is 11.0. The molecular weight excluding hydrogens is 528 g/mol. The predicted molar refractivity (Wildman–Crippen MR) is 156 cm³/mol. The number of aliphatic carboxylic acids is 1. The molecular formula is C34H26N4O4. The molecule has 3 N–H and O–H groups in total. The van der Waals surface area contributed by atoms with E-state index in [0.717, 1.165) is 32.8 Å². The number of nitriles is 1. The quantitative estimate of drug-likeness (QED) is 0.261. The van der Waals surface area contributed by atoms with Crippen LogP contribution in [0.2, 0.25) is 0 Å². The number of aromatic amines is 1. The third-order valence-electron chi connectivity index (χ3n) is 8.90. The summed E-state index contributed by atoms with van der Waals surface area (Å²) in [5.41, 5.74) is 1.42. The van der Waals surface area contributed by atoms with E-state index in [1.807, 2.05) is 66.7 Å². The van der Waals surface area contributed by atoms with Gasteiger partial charge in [-0.3, -0.25) is 24.6 Å². The van der Waals surface area contributed by atoms with Gasteiger partial charge in [-0.25, -0.2) is 0 Å². The van der Waals surface area contributed by atoms with Crippen LogP contribution in [0.15, 0.2) is 97.2 Å². The van der Waals surface area contributed by atoms with Crippen LogP contribution < -0.4 is 5.32 Å². The Morgan fingerprint density at radius 3 is 2.40 bits per heavy atom. The molecule has 7 rings (SSSR count). The van der Waals surface area contributed by atoms with Gasteiger partial charge in [0.2, 0.25) is 11.8 Å². The number of para-hydroxylation sites is 1. The minimum absolute atomic E-state index is 0.0279. The normalized spacial score (nSPS) is 23.4. The van der Waals surface area contributed by atoms with Crippen LogP contribution in [0.3, 0.4) is 0 Å². The standard InChI is InChI=1S/C34H26N4O4/c35-17-21-9-2-4-14-26(21)30-28-29(34(37-30,33(41)42)16-23-18-36-27-15-6-5-13-25(23)27)32(40)38(31(28)39)19-22-11-7-10-20-8-1-3-12-24(20)22/h1-15,18,28-30,36-37H,16,19H2,(H,41,42). The smallest absolute Gasteiger partial charge is 0.325 e. The maximum atomic E-state index is 14.3. The molecule has 5 aromatic rings. The van der Waals surface area contributed by atoms with Crippen molar-refractivity contribution in [3.05, 3.63) is 119 Å². The van der Waals surface area contributed by atoms with Gasteiger partial charge in [0, 0.05) is 29.6 Å². The lowest BCUT2D eigenvalue weighted by Gasteiger charge is -2.31. The maximum Gasteiger partial charge on any atom is 0.325 e. The van der Waals surface area contributed by atoms with E-state index in [1.54, 1.807) is 30.5 Å². The zero-order chi connectivity index (χ0) is 29.0. The molecule has 3 heterocycles. The fourth-order valence-electron chi connectivity index (χ4n) is 6.97. The number of hydrogen-bond donors (Lipinski definition) is 3. The summed E-state index contributed by atoms with van der Waals surface area (Å²) < 4.78 is 0. The second-order valence-electron chi connectivity index (χ2n) is 11.0. The van der Waals surface area contributed by atoms with E-state index < -0.39 is 41.2 Å². The van der Waals surface area contributed by atoms with Crippen molar-refractivity contribution in [1.82, 2.24) is 15.2 Å². The summed E-state index contributed by atoms with van der Waals surface area (Å²) in [4.78, 5) is 46.3. The fourth-order valence-corrected chi connectivity index (χ4v) is 6.97. The number of imide groups is 1. The second kappa shape index (κ2) is 9.68. The van der Waals surface area contributed by atoms with Gasteiger partial charge in [0.1, 0.15) is 5.54 Å². The molecule has 8 heteroatoms. The predicted octanol–water partition coefficient (Wildman–Crippen LogP) is 4.70. The molecule has 1 aromatic heterocycles. The van der Waals surface area contributed by atoms with Crippen LogP contribution in [-0.2, 0) is 27.3 Å². The Morgan fingerprint density at radius 2 is 1.60 bits per heavy atom. The molecule has 2 saturated heterocycles. The average molecular weight is 555 g/mol. The van der Waals surface area contributed by atoms with E-state index in [0.29, 0.717) is 11.1 Å². The summed E-state index contributed by atoms with van der Waals surface area (Å²) >= 11 is 0. The van der Waals surface area contributed by atoms with Crippen molar-refractivity contribution in [1.29, 1.82) is 5.26 Å². The number of carbonyl (C=O) groups excluding carboxylic acids is 2. The van der Waals surface area contributed by atoms with Gasteiger partial charge in [0.25, 0.3) is 0 Å². The van der Waals surface area contributed by atoms with Gasteiger partial charge < -0.3 is 10.1 Å². The van der Waals surface area contributed by atoms with Gasteiger partial charge in [0.15, 0.2) is 0 Å². The molecule has 206 valence electrons. The van der Waals surface area contributed by atoms with Crippen LogP contribution in [0, 0.1) is 23.2 Å². The highest BCUT2D eigenvalue weighted by molar-refractivity contribution is 6.10. The van der Waals surface area contributed by atoms with Gasteiger partial charge >= 0.3 is 5.97 Å².